The summed E-state index contributed by atoms with van der Waals surface area (Å²) < 4.78 is 0. The zero-order chi connectivity index (χ0) is 9.14. The molecule has 12 heavy (non-hydrogen) atoms. The Bertz CT molecular complexity index is 275. The van der Waals surface area contributed by atoms with Crippen molar-refractivity contribution in [2.24, 2.45) is 11.5 Å². The third-order valence-corrected chi connectivity index (χ3v) is 1.72. The third-order valence-electron chi connectivity index (χ3n) is 1.72. The van der Waals surface area contributed by atoms with E-state index in [1.807, 2.05) is 0 Å². The fourth-order valence-corrected chi connectivity index (χ4v) is 1.01. The highest BCUT2D eigenvalue weighted by Crippen LogP contribution is 2.22. The van der Waals surface area contributed by atoms with E-state index in [0.717, 1.165) is 0 Å². The van der Waals surface area contributed by atoms with E-state index in [0.29, 0.717) is 17.8 Å². The number of hydrogen-bond donors (Lipinski definition) is 4. The van der Waals surface area contributed by atoms with Crippen molar-refractivity contribution in [2.75, 3.05) is 12.3 Å². The lowest BCUT2D eigenvalue weighted by atomic mass is 10.1. The minimum Gasteiger partial charge on any atom is -0.508 e. The smallest absolute Gasteiger partial charge is 0.116 e. The van der Waals surface area contributed by atoms with Crippen LogP contribution in [0, 0.1) is 0 Å². The Kier molecular flexibility index (Phi) is 2.52. The lowest BCUT2D eigenvalue weighted by molar-refractivity contribution is 0.474. The molecule has 0 aliphatic rings. The van der Waals surface area contributed by atoms with Crippen LogP contribution in [0.3, 0.4) is 0 Å². The van der Waals surface area contributed by atoms with Gasteiger partial charge in [0.05, 0.1) is 0 Å². The predicted molar refractivity (Wildman–Crippen MR) is 48.5 cm³/mol. The molecule has 7 N–H and O–H groups in total. The molecule has 0 unspecified atom stereocenters. The highest BCUT2D eigenvalue weighted by atomic mass is 16.3. The maximum Gasteiger partial charge on any atom is 0.116 e. The molecule has 1 aromatic rings. The number of phenolic OH excluding ortho intramolecular Hbond substituents is 1. The van der Waals surface area contributed by atoms with Gasteiger partial charge in [-0.25, -0.2) is 0 Å². The molecule has 4 nitrogen and oxygen atoms in total. The van der Waals surface area contributed by atoms with Crippen LogP contribution in [0.2, 0.25) is 0 Å². The van der Waals surface area contributed by atoms with Crippen molar-refractivity contribution in [1.82, 2.24) is 0 Å². The number of nitrogen functional groups attached to an aromatic ring is 1. The van der Waals surface area contributed by atoms with Crippen LogP contribution in [0.15, 0.2) is 18.2 Å². The monoisotopic (exact) mass is 167 g/mol. The summed E-state index contributed by atoms with van der Waals surface area (Å²) in [4.78, 5) is 0. The lowest BCUT2D eigenvalue weighted by Gasteiger charge is -2.11. The number of nitrogens with two attached hydrogens (primary N) is 3. The molecule has 0 amide bonds. The molecular weight excluding hydrogens is 154 g/mol. The van der Waals surface area contributed by atoms with Gasteiger partial charge in [-0.05, 0) is 23.8 Å². The van der Waals surface area contributed by atoms with Crippen LogP contribution in [0.25, 0.3) is 0 Å². The van der Waals surface area contributed by atoms with E-state index in [-0.39, 0.29) is 11.8 Å². The van der Waals surface area contributed by atoms with Crippen molar-refractivity contribution in [3.8, 4) is 5.75 Å². The normalized spacial score (nSPS) is 12.8. The van der Waals surface area contributed by atoms with Crippen molar-refractivity contribution in [3.05, 3.63) is 23.8 Å². The van der Waals surface area contributed by atoms with Crippen molar-refractivity contribution < 1.29 is 5.11 Å². The topological polar surface area (TPSA) is 98.3 Å². The number of benzene rings is 1. The number of aromatic hydroxyl groups is 1. The summed E-state index contributed by atoms with van der Waals surface area (Å²) in [5.74, 6) is 0.156. The van der Waals surface area contributed by atoms with Crippen LogP contribution < -0.4 is 17.2 Å². The zero-order valence-electron chi connectivity index (χ0n) is 6.70. The molecule has 1 aromatic carbocycles. The molecule has 0 radical (unpaired) electrons. The minimum absolute atomic E-state index is 0.156. The lowest BCUT2D eigenvalue weighted by Crippen LogP contribution is -2.21. The first-order valence-electron chi connectivity index (χ1n) is 3.69. The maximum atomic E-state index is 9.13. The molecule has 0 saturated carbocycles. The van der Waals surface area contributed by atoms with Gasteiger partial charge in [0, 0.05) is 18.3 Å². The second-order valence-corrected chi connectivity index (χ2v) is 2.66. The van der Waals surface area contributed by atoms with Crippen molar-refractivity contribution in [3.63, 3.8) is 0 Å². The fraction of sp³-hybridized carbons (Fsp3) is 0.250. The van der Waals surface area contributed by atoms with E-state index < -0.39 is 0 Å². The largest absolute Gasteiger partial charge is 0.508 e. The molecule has 0 spiro atoms. The number of rotatable bonds is 2. The van der Waals surface area contributed by atoms with Gasteiger partial charge in [-0.1, -0.05) is 0 Å². The van der Waals surface area contributed by atoms with Crippen molar-refractivity contribution in [1.29, 1.82) is 0 Å². The molecule has 0 bridgehead atoms. The number of phenols is 1. The number of hydrogen-bond acceptors (Lipinski definition) is 4. The molecule has 0 fully saturated rings. The van der Waals surface area contributed by atoms with Crippen LogP contribution in [0.4, 0.5) is 5.69 Å². The molecule has 1 atom stereocenters. The Hall–Kier alpha value is -1.26. The molecule has 1 rings (SSSR count). The van der Waals surface area contributed by atoms with Gasteiger partial charge >= 0.3 is 0 Å². The van der Waals surface area contributed by atoms with Crippen molar-refractivity contribution >= 4 is 5.69 Å². The van der Waals surface area contributed by atoms with E-state index in [1.54, 1.807) is 6.07 Å². The summed E-state index contributed by atoms with van der Waals surface area (Å²) in [6.45, 7) is 0.313. The highest BCUT2D eigenvalue weighted by Gasteiger charge is 2.07. The number of anilines is 1. The van der Waals surface area contributed by atoms with Crippen LogP contribution in [0.1, 0.15) is 11.6 Å². The summed E-state index contributed by atoms with van der Waals surface area (Å²) >= 11 is 0. The minimum atomic E-state index is -0.308. The second-order valence-electron chi connectivity index (χ2n) is 2.66. The Balaban J connectivity index is 3.04. The SMILES string of the molecule is NC[C@H](N)c1cc(O)ccc1N. The average Bonchev–Trinajstić information content (AvgIpc) is 2.08. The summed E-state index contributed by atoms with van der Waals surface area (Å²) in [7, 11) is 0. The van der Waals surface area contributed by atoms with E-state index in [9.17, 15) is 0 Å². The molecule has 0 heterocycles. The highest BCUT2D eigenvalue weighted by molar-refractivity contribution is 5.51. The Morgan fingerprint density at radius 2 is 2.08 bits per heavy atom. The molecular formula is C8H13N3O. The van der Waals surface area contributed by atoms with Gasteiger partial charge < -0.3 is 22.3 Å². The van der Waals surface area contributed by atoms with Crippen LogP contribution in [-0.4, -0.2) is 11.7 Å². The van der Waals surface area contributed by atoms with E-state index in [2.05, 4.69) is 0 Å². The van der Waals surface area contributed by atoms with Gasteiger partial charge in [0.25, 0.3) is 0 Å². The van der Waals surface area contributed by atoms with Gasteiger partial charge in [-0.2, -0.15) is 0 Å². The van der Waals surface area contributed by atoms with Gasteiger partial charge in [0.2, 0.25) is 0 Å². The van der Waals surface area contributed by atoms with E-state index in [4.69, 9.17) is 22.3 Å². The van der Waals surface area contributed by atoms with E-state index >= 15 is 0 Å². The molecule has 0 aliphatic carbocycles. The van der Waals surface area contributed by atoms with Crippen molar-refractivity contribution in [2.45, 2.75) is 6.04 Å². The summed E-state index contributed by atoms with van der Waals surface area (Å²) in [6, 6.07) is 4.35. The summed E-state index contributed by atoms with van der Waals surface area (Å²) in [6.07, 6.45) is 0. The predicted octanol–water partition coefficient (Wildman–Crippen LogP) is -0.0671. The maximum absolute atomic E-state index is 9.13. The van der Waals surface area contributed by atoms with Crippen LogP contribution >= 0.6 is 0 Å². The third kappa shape index (κ3) is 1.66. The van der Waals surface area contributed by atoms with Gasteiger partial charge in [-0.15, -0.1) is 0 Å². The Morgan fingerprint density at radius 3 is 2.67 bits per heavy atom. The Labute approximate surface area is 71.0 Å². The first-order valence-corrected chi connectivity index (χ1v) is 3.69. The van der Waals surface area contributed by atoms with Crippen LogP contribution in [-0.2, 0) is 0 Å². The molecule has 0 aromatic heterocycles. The van der Waals surface area contributed by atoms with Gasteiger partial charge in [0.1, 0.15) is 5.75 Å². The second kappa shape index (κ2) is 3.42. The molecule has 0 aliphatic heterocycles. The fourth-order valence-electron chi connectivity index (χ4n) is 1.01. The Morgan fingerprint density at radius 1 is 1.42 bits per heavy atom. The average molecular weight is 167 g/mol. The first-order chi connectivity index (χ1) is 5.65. The van der Waals surface area contributed by atoms with Gasteiger partial charge in [-0.3, -0.25) is 0 Å². The first kappa shape index (κ1) is 8.83. The quantitative estimate of drug-likeness (QED) is 0.366. The zero-order valence-corrected chi connectivity index (χ0v) is 6.70. The standard InChI is InChI=1S/C8H13N3O/c9-4-8(11)6-3-5(12)1-2-7(6)10/h1-3,8,12H,4,9-11H2/t8-/m0/s1. The molecule has 66 valence electrons. The molecule has 4 heteroatoms. The summed E-state index contributed by atoms with van der Waals surface area (Å²) in [5, 5.41) is 9.13. The van der Waals surface area contributed by atoms with Crippen LogP contribution in [0.5, 0.6) is 5.75 Å². The molecule has 0 saturated heterocycles. The van der Waals surface area contributed by atoms with E-state index in [1.165, 1.54) is 12.1 Å². The summed E-state index contributed by atoms with van der Waals surface area (Å²) in [5.41, 5.74) is 17.9. The van der Waals surface area contributed by atoms with Gasteiger partial charge in [0.15, 0.2) is 0 Å².